The minimum Gasteiger partial charge on any atom is -0.367 e. The molecule has 0 unspecified atom stereocenters. The molecule has 0 aliphatic heterocycles. The predicted molar refractivity (Wildman–Crippen MR) is 69.3 cm³/mol. The topological polar surface area (TPSA) is 48.8 Å². The number of nitrogens with zero attached hydrogens (tertiary/aromatic N) is 1. The molecule has 2 N–H and O–H groups in total. The van der Waals surface area contributed by atoms with Crippen molar-refractivity contribution in [3.63, 3.8) is 0 Å². The molecular weight excluding hydrogens is 198 g/mol. The van der Waals surface area contributed by atoms with Gasteiger partial charge in [-0.25, -0.2) is 4.98 Å². The van der Waals surface area contributed by atoms with E-state index in [1.807, 2.05) is 19.1 Å². The zero-order valence-electron chi connectivity index (χ0n) is 10.4. The first-order valence-electron chi connectivity index (χ1n) is 6.02. The number of aromatic nitrogens is 1. The Labute approximate surface area is 97.8 Å². The minimum atomic E-state index is 0.443. The molecule has 1 heterocycles. The molecule has 0 saturated heterocycles. The monoisotopic (exact) mass is 219 g/mol. The maximum absolute atomic E-state index is 7.90. The van der Waals surface area contributed by atoms with Crippen molar-refractivity contribution in [3.8, 4) is 0 Å². The maximum Gasteiger partial charge on any atom is 0.135 e. The fourth-order valence-electron chi connectivity index (χ4n) is 1.64. The molecule has 0 bridgehead atoms. The van der Waals surface area contributed by atoms with Crippen molar-refractivity contribution in [2.45, 2.75) is 46.1 Å². The molecule has 0 amide bonds. The van der Waals surface area contributed by atoms with Crippen LogP contribution < -0.4 is 5.32 Å². The van der Waals surface area contributed by atoms with Crippen molar-refractivity contribution in [1.29, 1.82) is 5.41 Å². The Morgan fingerprint density at radius 3 is 2.62 bits per heavy atom. The third kappa shape index (κ3) is 3.05. The van der Waals surface area contributed by atoms with Crippen LogP contribution in [0.3, 0.4) is 0 Å². The van der Waals surface area contributed by atoms with Gasteiger partial charge in [0.25, 0.3) is 0 Å². The molecule has 0 atom stereocenters. The second kappa shape index (κ2) is 6.26. The average Bonchev–Trinajstić information content (AvgIpc) is 2.35. The molecule has 16 heavy (non-hydrogen) atoms. The molecular formula is C13H21N3. The lowest BCUT2D eigenvalue weighted by Crippen LogP contribution is -2.19. The minimum absolute atomic E-state index is 0.443. The van der Waals surface area contributed by atoms with Crippen LogP contribution in [0.25, 0.3) is 0 Å². The molecule has 0 aromatic carbocycles. The van der Waals surface area contributed by atoms with Crippen LogP contribution in [0.1, 0.15) is 45.6 Å². The van der Waals surface area contributed by atoms with Gasteiger partial charge in [0.2, 0.25) is 0 Å². The summed E-state index contributed by atoms with van der Waals surface area (Å²) in [5.74, 6) is 0.850. The predicted octanol–water partition coefficient (Wildman–Crippen LogP) is 3.46. The van der Waals surface area contributed by atoms with E-state index in [9.17, 15) is 0 Å². The third-order valence-electron chi connectivity index (χ3n) is 2.81. The summed E-state index contributed by atoms with van der Waals surface area (Å²) in [5.41, 5.74) is 1.57. The highest BCUT2D eigenvalue weighted by molar-refractivity contribution is 6.02. The highest BCUT2D eigenvalue weighted by Crippen LogP contribution is 2.16. The molecule has 0 spiro atoms. The van der Waals surface area contributed by atoms with Crippen molar-refractivity contribution >= 4 is 11.5 Å². The largest absolute Gasteiger partial charge is 0.367 e. The van der Waals surface area contributed by atoms with Gasteiger partial charge in [0.05, 0.1) is 0 Å². The first-order valence-corrected chi connectivity index (χ1v) is 6.02. The van der Waals surface area contributed by atoms with E-state index in [-0.39, 0.29) is 0 Å². The third-order valence-corrected chi connectivity index (χ3v) is 2.81. The van der Waals surface area contributed by atoms with E-state index < -0.39 is 0 Å². The molecule has 0 fully saturated rings. The van der Waals surface area contributed by atoms with Gasteiger partial charge in [-0.05, 0) is 31.4 Å². The number of hydrogen-bond donors (Lipinski definition) is 2. The highest BCUT2D eigenvalue weighted by Gasteiger charge is 2.10. The van der Waals surface area contributed by atoms with Gasteiger partial charge < -0.3 is 10.7 Å². The standard InChI is InChI=1S/C13H21N3/c1-4-10(5-2)16-13-11(12(14)6-3)8-7-9-15-13/h7-10,14H,4-6H2,1-3H3,(H,15,16). The quantitative estimate of drug-likeness (QED) is 0.720. The van der Waals surface area contributed by atoms with Gasteiger partial charge in [-0.2, -0.15) is 0 Å². The van der Waals surface area contributed by atoms with Gasteiger partial charge in [-0.1, -0.05) is 20.8 Å². The Hall–Kier alpha value is -1.38. The summed E-state index contributed by atoms with van der Waals surface area (Å²) in [6, 6.07) is 4.29. The lowest BCUT2D eigenvalue weighted by molar-refractivity contribution is 0.668. The number of rotatable bonds is 6. The van der Waals surface area contributed by atoms with Gasteiger partial charge in [0, 0.05) is 23.5 Å². The summed E-state index contributed by atoms with van der Waals surface area (Å²) in [6.45, 7) is 6.32. The van der Waals surface area contributed by atoms with Crippen molar-refractivity contribution < 1.29 is 0 Å². The van der Waals surface area contributed by atoms with Gasteiger partial charge in [0.1, 0.15) is 5.82 Å². The Morgan fingerprint density at radius 1 is 1.38 bits per heavy atom. The summed E-state index contributed by atoms with van der Waals surface area (Å²) in [7, 11) is 0. The normalized spacial score (nSPS) is 10.5. The fraction of sp³-hybridized carbons (Fsp3) is 0.538. The van der Waals surface area contributed by atoms with Crippen molar-refractivity contribution in [2.24, 2.45) is 0 Å². The van der Waals surface area contributed by atoms with E-state index in [1.165, 1.54) is 0 Å². The van der Waals surface area contributed by atoms with E-state index >= 15 is 0 Å². The molecule has 1 aromatic rings. The summed E-state index contributed by atoms with van der Waals surface area (Å²) in [6.07, 6.45) is 4.67. The van der Waals surface area contributed by atoms with Crippen LogP contribution in [0.2, 0.25) is 0 Å². The van der Waals surface area contributed by atoms with E-state index in [0.29, 0.717) is 11.8 Å². The number of hydrogen-bond acceptors (Lipinski definition) is 3. The van der Waals surface area contributed by atoms with Crippen LogP contribution in [-0.4, -0.2) is 16.7 Å². The number of pyridine rings is 1. The van der Waals surface area contributed by atoms with Gasteiger partial charge in [0.15, 0.2) is 0 Å². The number of nitrogens with one attached hydrogen (secondary N) is 2. The lowest BCUT2D eigenvalue weighted by atomic mass is 10.1. The first kappa shape index (κ1) is 12.7. The Kier molecular flexibility index (Phi) is 4.96. The first-order chi connectivity index (χ1) is 7.72. The maximum atomic E-state index is 7.90. The van der Waals surface area contributed by atoms with Gasteiger partial charge in [-0.15, -0.1) is 0 Å². The molecule has 1 aromatic heterocycles. The molecule has 0 radical (unpaired) electrons. The molecule has 88 valence electrons. The SMILES string of the molecule is CCC(=N)c1cccnc1NC(CC)CC. The Morgan fingerprint density at radius 2 is 2.06 bits per heavy atom. The molecule has 0 saturated carbocycles. The average molecular weight is 219 g/mol. The summed E-state index contributed by atoms with van der Waals surface area (Å²) >= 11 is 0. The van der Waals surface area contributed by atoms with E-state index in [4.69, 9.17) is 5.41 Å². The van der Waals surface area contributed by atoms with Crippen molar-refractivity contribution in [1.82, 2.24) is 4.98 Å². The van der Waals surface area contributed by atoms with Crippen molar-refractivity contribution in [3.05, 3.63) is 23.9 Å². The van der Waals surface area contributed by atoms with Crippen LogP contribution in [-0.2, 0) is 0 Å². The van der Waals surface area contributed by atoms with Crippen LogP contribution in [0.5, 0.6) is 0 Å². The van der Waals surface area contributed by atoms with Gasteiger partial charge >= 0.3 is 0 Å². The van der Waals surface area contributed by atoms with E-state index in [1.54, 1.807) is 6.20 Å². The van der Waals surface area contributed by atoms with Crippen LogP contribution in [0.15, 0.2) is 18.3 Å². The molecule has 3 heteroatoms. The zero-order valence-corrected chi connectivity index (χ0v) is 10.4. The Balaban J connectivity index is 2.90. The molecule has 0 aliphatic carbocycles. The summed E-state index contributed by atoms with van der Waals surface area (Å²) < 4.78 is 0. The van der Waals surface area contributed by atoms with Crippen LogP contribution in [0.4, 0.5) is 5.82 Å². The van der Waals surface area contributed by atoms with Crippen molar-refractivity contribution in [2.75, 3.05) is 5.32 Å². The summed E-state index contributed by atoms with van der Waals surface area (Å²) in [4.78, 5) is 4.33. The number of anilines is 1. The lowest BCUT2D eigenvalue weighted by Gasteiger charge is -2.17. The summed E-state index contributed by atoms with van der Waals surface area (Å²) in [5, 5.41) is 11.3. The molecule has 1 rings (SSSR count). The molecule has 3 nitrogen and oxygen atoms in total. The van der Waals surface area contributed by atoms with E-state index in [0.717, 1.165) is 30.6 Å². The van der Waals surface area contributed by atoms with E-state index in [2.05, 4.69) is 24.1 Å². The zero-order chi connectivity index (χ0) is 12.0. The highest BCUT2D eigenvalue weighted by atomic mass is 15.0. The fourth-order valence-corrected chi connectivity index (χ4v) is 1.64. The molecule has 0 aliphatic rings. The Bertz CT molecular complexity index is 343. The van der Waals surface area contributed by atoms with Crippen LogP contribution in [0, 0.1) is 5.41 Å². The van der Waals surface area contributed by atoms with Crippen LogP contribution >= 0.6 is 0 Å². The van der Waals surface area contributed by atoms with Gasteiger partial charge in [-0.3, -0.25) is 0 Å². The second-order valence-corrected chi connectivity index (χ2v) is 3.89. The second-order valence-electron chi connectivity index (χ2n) is 3.89. The smallest absolute Gasteiger partial charge is 0.135 e.